The van der Waals surface area contributed by atoms with Crippen LogP contribution in [0, 0.1) is 0 Å². The molecule has 0 saturated carbocycles. The first-order valence-electron chi connectivity index (χ1n) is 8.48. The molecule has 1 aromatic rings. The number of hydrogen-bond acceptors (Lipinski definition) is 7. The van der Waals surface area contributed by atoms with Gasteiger partial charge in [0.25, 0.3) is 0 Å². The number of hydrogen-bond donors (Lipinski definition) is 2. The third-order valence-corrected chi connectivity index (χ3v) is 4.73. The van der Waals surface area contributed by atoms with Crippen LogP contribution in [0.1, 0.15) is 18.4 Å². The fourth-order valence-corrected chi connectivity index (χ4v) is 3.62. The Hall–Kier alpha value is -2.28. The van der Waals surface area contributed by atoms with E-state index in [-0.39, 0.29) is 12.1 Å². The van der Waals surface area contributed by atoms with Crippen molar-refractivity contribution in [3.8, 4) is 11.5 Å². The predicted molar refractivity (Wildman–Crippen MR) is 94.7 cm³/mol. The van der Waals surface area contributed by atoms with Gasteiger partial charge in [-0.25, -0.2) is 9.98 Å². The van der Waals surface area contributed by atoms with Crippen molar-refractivity contribution in [2.75, 3.05) is 45.2 Å². The first-order valence-corrected chi connectivity index (χ1v) is 8.48. The van der Waals surface area contributed by atoms with Crippen LogP contribution >= 0.6 is 0 Å². The number of methoxy groups -OCH3 is 1. The normalized spacial score (nSPS) is 24.8. The van der Waals surface area contributed by atoms with Crippen LogP contribution in [0.4, 0.5) is 5.69 Å². The van der Waals surface area contributed by atoms with Gasteiger partial charge in [0.1, 0.15) is 18.3 Å². The van der Waals surface area contributed by atoms with Gasteiger partial charge in [0, 0.05) is 37.9 Å². The van der Waals surface area contributed by atoms with Crippen LogP contribution in [0.2, 0.25) is 0 Å². The van der Waals surface area contributed by atoms with Gasteiger partial charge in [-0.15, -0.1) is 0 Å². The monoisotopic (exact) mass is 329 g/mol. The maximum atomic E-state index is 5.70. The molecule has 0 spiro atoms. The van der Waals surface area contributed by atoms with E-state index in [9.17, 15) is 0 Å². The summed E-state index contributed by atoms with van der Waals surface area (Å²) in [7, 11) is 1.68. The topological polar surface area (TPSA) is 70.5 Å². The molecule has 2 atom stereocenters. The van der Waals surface area contributed by atoms with Crippen molar-refractivity contribution in [1.82, 2.24) is 10.2 Å². The summed E-state index contributed by atoms with van der Waals surface area (Å²) < 4.78 is 11.2. The first kappa shape index (κ1) is 15.3. The van der Waals surface area contributed by atoms with Gasteiger partial charge in [-0.2, -0.15) is 0 Å². The second kappa shape index (κ2) is 6.32. The minimum atomic E-state index is -0.0102. The maximum absolute atomic E-state index is 5.70. The van der Waals surface area contributed by atoms with Crippen LogP contribution in [0.3, 0.4) is 0 Å². The van der Waals surface area contributed by atoms with Gasteiger partial charge in [0.05, 0.1) is 19.6 Å². The standard InChI is InChI=1S/C17H23N5O2/c1-3-24-14-9-12-11(8-13(14)23-2)15-16(21-12)19-10-20-17(15)22-6-4-18-5-7-22/h8-10,15-16,18,21H,3-7H2,1-2H3. The molecule has 24 heavy (non-hydrogen) atoms. The highest BCUT2D eigenvalue weighted by molar-refractivity contribution is 5.99. The Morgan fingerprint density at radius 1 is 1.25 bits per heavy atom. The number of rotatable bonds is 3. The van der Waals surface area contributed by atoms with Crippen LogP contribution in [0.15, 0.2) is 22.1 Å². The lowest BCUT2D eigenvalue weighted by molar-refractivity contribution is 0.311. The number of anilines is 1. The van der Waals surface area contributed by atoms with E-state index in [1.807, 2.05) is 13.0 Å². The van der Waals surface area contributed by atoms with Crippen molar-refractivity contribution in [1.29, 1.82) is 0 Å². The number of nitrogens with zero attached hydrogens (tertiary/aromatic N) is 3. The smallest absolute Gasteiger partial charge is 0.163 e. The Labute approximate surface area is 141 Å². The van der Waals surface area contributed by atoms with Crippen LogP contribution in [0.5, 0.6) is 11.5 Å². The predicted octanol–water partition coefficient (Wildman–Crippen LogP) is 1.27. The fourth-order valence-electron chi connectivity index (χ4n) is 3.62. The van der Waals surface area contributed by atoms with Gasteiger partial charge in [-0.3, -0.25) is 0 Å². The summed E-state index contributed by atoms with van der Waals surface area (Å²) in [5, 5.41) is 6.89. The molecule has 0 amide bonds. The van der Waals surface area contributed by atoms with Crippen molar-refractivity contribution in [2.24, 2.45) is 9.98 Å². The molecule has 7 nitrogen and oxygen atoms in total. The number of ether oxygens (including phenoxy) is 2. The lowest BCUT2D eigenvalue weighted by atomic mass is 9.95. The summed E-state index contributed by atoms with van der Waals surface area (Å²) >= 11 is 0. The summed E-state index contributed by atoms with van der Waals surface area (Å²) in [5.41, 5.74) is 2.23. The van der Waals surface area contributed by atoms with Gasteiger partial charge in [0.15, 0.2) is 11.5 Å². The quantitative estimate of drug-likeness (QED) is 0.874. The maximum Gasteiger partial charge on any atom is 0.163 e. The van der Waals surface area contributed by atoms with E-state index in [0.29, 0.717) is 6.61 Å². The van der Waals surface area contributed by atoms with Crippen LogP contribution in [0.25, 0.3) is 0 Å². The molecular weight excluding hydrogens is 306 g/mol. The molecular formula is C17H23N5O2. The Kier molecular flexibility index (Phi) is 4.02. The number of amidine groups is 1. The second-order valence-electron chi connectivity index (χ2n) is 6.08. The highest BCUT2D eigenvalue weighted by Crippen LogP contribution is 2.45. The molecule has 2 N–H and O–H groups in total. The van der Waals surface area contributed by atoms with Gasteiger partial charge in [-0.05, 0) is 18.6 Å². The number of nitrogens with one attached hydrogen (secondary N) is 2. The van der Waals surface area contributed by atoms with E-state index in [2.05, 4.69) is 31.6 Å². The molecule has 3 aliphatic rings. The second-order valence-corrected chi connectivity index (χ2v) is 6.08. The summed E-state index contributed by atoms with van der Waals surface area (Å²) in [6, 6.07) is 4.08. The van der Waals surface area contributed by atoms with Crippen molar-refractivity contribution < 1.29 is 9.47 Å². The fraction of sp³-hybridized carbons (Fsp3) is 0.529. The lowest BCUT2D eigenvalue weighted by Crippen LogP contribution is -2.50. The molecule has 3 heterocycles. The van der Waals surface area contributed by atoms with E-state index < -0.39 is 0 Å². The Bertz CT molecular complexity index is 682. The molecule has 0 aromatic heterocycles. The van der Waals surface area contributed by atoms with E-state index in [1.54, 1.807) is 13.4 Å². The minimum absolute atomic E-state index is 0.0102. The molecule has 0 bridgehead atoms. The lowest BCUT2D eigenvalue weighted by Gasteiger charge is -2.35. The molecule has 7 heteroatoms. The summed E-state index contributed by atoms with van der Waals surface area (Å²) in [6.07, 6.45) is 1.67. The van der Waals surface area contributed by atoms with E-state index in [1.165, 1.54) is 5.56 Å². The first-order chi connectivity index (χ1) is 11.8. The Balaban J connectivity index is 1.71. The average molecular weight is 329 g/mol. The van der Waals surface area contributed by atoms with Crippen LogP contribution < -0.4 is 20.1 Å². The van der Waals surface area contributed by atoms with E-state index in [4.69, 9.17) is 9.47 Å². The van der Waals surface area contributed by atoms with Crippen molar-refractivity contribution in [3.63, 3.8) is 0 Å². The zero-order valence-corrected chi connectivity index (χ0v) is 14.1. The summed E-state index contributed by atoms with van der Waals surface area (Å²) in [5.74, 6) is 2.73. The molecule has 2 unspecified atom stereocenters. The minimum Gasteiger partial charge on any atom is -0.493 e. The largest absolute Gasteiger partial charge is 0.493 e. The molecule has 1 fully saturated rings. The number of aliphatic imine (C=N–C) groups is 2. The van der Waals surface area contributed by atoms with E-state index in [0.717, 1.165) is 49.2 Å². The molecule has 4 rings (SSSR count). The van der Waals surface area contributed by atoms with Gasteiger partial charge < -0.3 is 25.0 Å². The number of fused-ring (bicyclic) bond motifs is 3. The summed E-state index contributed by atoms with van der Waals surface area (Å²) in [6.45, 7) is 6.49. The molecule has 3 aliphatic heterocycles. The van der Waals surface area contributed by atoms with E-state index >= 15 is 0 Å². The molecule has 0 radical (unpaired) electrons. The third kappa shape index (κ3) is 2.49. The SMILES string of the molecule is CCOc1cc2c(cc1OC)C1C(N3CCNCC3)=NC=NC1N2. The molecule has 0 aliphatic carbocycles. The van der Waals surface area contributed by atoms with Crippen molar-refractivity contribution in [2.45, 2.75) is 19.0 Å². The highest BCUT2D eigenvalue weighted by Gasteiger charge is 2.40. The van der Waals surface area contributed by atoms with Gasteiger partial charge in [-0.1, -0.05) is 0 Å². The summed E-state index contributed by atoms with van der Waals surface area (Å²) in [4.78, 5) is 11.5. The molecule has 1 aromatic carbocycles. The van der Waals surface area contributed by atoms with Crippen molar-refractivity contribution >= 4 is 17.9 Å². The zero-order valence-electron chi connectivity index (χ0n) is 14.1. The van der Waals surface area contributed by atoms with Crippen molar-refractivity contribution in [3.05, 3.63) is 17.7 Å². The third-order valence-electron chi connectivity index (χ3n) is 4.73. The molecule has 128 valence electrons. The van der Waals surface area contributed by atoms with Gasteiger partial charge >= 0.3 is 0 Å². The number of benzene rings is 1. The zero-order chi connectivity index (χ0) is 16.5. The van der Waals surface area contributed by atoms with Gasteiger partial charge in [0.2, 0.25) is 0 Å². The highest BCUT2D eigenvalue weighted by atomic mass is 16.5. The van der Waals surface area contributed by atoms with Crippen LogP contribution in [-0.2, 0) is 0 Å². The Morgan fingerprint density at radius 2 is 2.08 bits per heavy atom. The van der Waals surface area contributed by atoms with Crippen LogP contribution in [-0.4, -0.2) is 63.1 Å². The Morgan fingerprint density at radius 3 is 2.83 bits per heavy atom. The number of piperazine rings is 1. The average Bonchev–Trinajstić information content (AvgIpc) is 2.99. The molecule has 1 saturated heterocycles.